The van der Waals surface area contributed by atoms with Crippen LogP contribution in [0.4, 0.5) is 0 Å². The second kappa shape index (κ2) is 7.67. The van der Waals surface area contributed by atoms with Gasteiger partial charge in [0.05, 0.1) is 31.9 Å². The normalized spacial score (nSPS) is 17.0. The molecule has 1 aromatic carbocycles. The Labute approximate surface area is 124 Å². The second-order valence-electron chi connectivity index (χ2n) is 4.72. The van der Waals surface area contributed by atoms with E-state index in [9.17, 15) is 4.79 Å². The van der Waals surface area contributed by atoms with Gasteiger partial charge < -0.3 is 19.9 Å². The van der Waals surface area contributed by atoms with Crippen molar-refractivity contribution in [2.45, 2.75) is 18.9 Å². The molecule has 0 spiro atoms. The third-order valence-corrected chi connectivity index (χ3v) is 3.19. The number of methoxy groups -OCH3 is 1. The molecule has 1 aliphatic heterocycles. The van der Waals surface area contributed by atoms with Crippen molar-refractivity contribution in [3.05, 3.63) is 29.3 Å². The van der Waals surface area contributed by atoms with E-state index in [1.807, 2.05) is 0 Å². The molecule has 1 amide bonds. The highest BCUT2D eigenvalue weighted by atomic mass is 16.5. The number of rotatable bonds is 4. The lowest BCUT2D eigenvalue weighted by atomic mass is 10.1. The van der Waals surface area contributed by atoms with Gasteiger partial charge >= 0.3 is 0 Å². The SMILES string of the molecule is COc1ccc(C(=O)NC2CCOC2)cc1C#CCCO. The van der Waals surface area contributed by atoms with Crippen LogP contribution in [0.3, 0.4) is 0 Å². The summed E-state index contributed by atoms with van der Waals surface area (Å²) in [6, 6.07) is 5.21. The number of hydrogen-bond donors (Lipinski definition) is 2. The summed E-state index contributed by atoms with van der Waals surface area (Å²) in [5.74, 6) is 6.22. The first-order chi connectivity index (χ1) is 10.2. The van der Waals surface area contributed by atoms with Crippen LogP contribution in [-0.4, -0.2) is 44.0 Å². The van der Waals surface area contributed by atoms with Crippen LogP contribution in [0.1, 0.15) is 28.8 Å². The first kappa shape index (κ1) is 15.4. The van der Waals surface area contributed by atoms with Crippen LogP contribution in [0.25, 0.3) is 0 Å². The largest absolute Gasteiger partial charge is 0.495 e. The van der Waals surface area contributed by atoms with Crippen LogP contribution < -0.4 is 10.1 Å². The van der Waals surface area contributed by atoms with E-state index in [1.165, 1.54) is 0 Å². The average Bonchev–Trinajstić information content (AvgIpc) is 3.00. The molecule has 0 aromatic heterocycles. The van der Waals surface area contributed by atoms with E-state index in [2.05, 4.69) is 17.2 Å². The molecular formula is C16H19NO4. The predicted molar refractivity (Wildman–Crippen MR) is 78.3 cm³/mol. The molecule has 1 aliphatic rings. The Morgan fingerprint density at radius 3 is 3.10 bits per heavy atom. The maximum atomic E-state index is 12.2. The molecule has 5 nitrogen and oxygen atoms in total. The van der Waals surface area contributed by atoms with Crippen LogP contribution in [-0.2, 0) is 4.74 Å². The molecule has 0 bridgehead atoms. The summed E-state index contributed by atoms with van der Waals surface area (Å²) >= 11 is 0. The predicted octanol–water partition coefficient (Wildman–Crippen LogP) is 0.948. The Hall–Kier alpha value is -2.03. The van der Waals surface area contributed by atoms with Gasteiger partial charge in [-0.2, -0.15) is 0 Å². The van der Waals surface area contributed by atoms with Crippen LogP contribution >= 0.6 is 0 Å². The van der Waals surface area contributed by atoms with Gasteiger partial charge in [-0.3, -0.25) is 4.79 Å². The van der Waals surface area contributed by atoms with Crippen molar-refractivity contribution in [2.24, 2.45) is 0 Å². The summed E-state index contributed by atoms with van der Waals surface area (Å²) in [6.07, 6.45) is 1.23. The zero-order chi connectivity index (χ0) is 15.1. The van der Waals surface area contributed by atoms with Crippen LogP contribution in [0.15, 0.2) is 18.2 Å². The van der Waals surface area contributed by atoms with Crippen molar-refractivity contribution in [1.82, 2.24) is 5.32 Å². The summed E-state index contributed by atoms with van der Waals surface area (Å²) < 4.78 is 10.5. The van der Waals surface area contributed by atoms with Crippen molar-refractivity contribution < 1.29 is 19.4 Å². The molecule has 2 rings (SSSR count). The molecule has 112 valence electrons. The Bertz CT molecular complexity index is 553. The molecule has 1 saturated heterocycles. The van der Waals surface area contributed by atoms with E-state index in [1.54, 1.807) is 25.3 Å². The van der Waals surface area contributed by atoms with E-state index in [4.69, 9.17) is 14.6 Å². The topological polar surface area (TPSA) is 67.8 Å². The van der Waals surface area contributed by atoms with Gasteiger partial charge in [-0.15, -0.1) is 0 Å². The first-order valence-electron chi connectivity index (χ1n) is 6.91. The van der Waals surface area contributed by atoms with E-state index in [-0.39, 0.29) is 18.6 Å². The van der Waals surface area contributed by atoms with Crippen molar-refractivity contribution in [1.29, 1.82) is 0 Å². The molecule has 1 heterocycles. The van der Waals surface area contributed by atoms with Gasteiger partial charge in [0.25, 0.3) is 5.91 Å². The van der Waals surface area contributed by atoms with Gasteiger partial charge in [0, 0.05) is 18.6 Å². The maximum absolute atomic E-state index is 12.2. The lowest BCUT2D eigenvalue weighted by Crippen LogP contribution is -2.35. The highest BCUT2D eigenvalue weighted by Gasteiger charge is 2.19. The highest BCUT2D eigenvalue weighted by Crippen LogP contribution is 2.19. The van der Waals surface area contributed by atoms with E-state index in [0.717, 1.165) is 6.42 Å². The maximum Gasteiger partial charge on any atom is 0.251 e. The highest BCUT2D eigenvalue weighted by molar-refractivity contribution is 5.95. The van der Waals surface area contributed by atoms with Gasteiger partial charge in [-0.05, 0) is 24.6 Å². The zero-order valence-electron chi connectivity index (χ0n) is 12.0. The van der Waals surface area contributed by atoms with Gasteiger partial charge in [0.15, 0.2) is 0 Å². The van der Waals surface area contributed by atoms with Gasteiger partial charge in [-0.25, -0.2) is 0 Å². The molecule has 1 atom stereocenters. The minimum atomic E-state index is -0.140. The molecule has 1 aromatic rings. The van der Waals surface area contributed by atoms with Crippen molar-refractivity contribution in [2.75, 3.05) is 26.9 Å². The number of ether oxygens (including phenoxy) is 2. The molecule has 1 unspecified atom stereocenters. The van der Waals surface area contributed by atoms with E-state index in [0.29, 0.717) is 36.5 Å². The smallest absolute Gasteiger partial charge is 0.251 e. The monoisotopic (exact) mass is 289 g/mol. The molecule has 0 aliphatic carbocycles. The minimum absolute atomic E-state index is 0.0111. The molecule has 21 heavy (non-hydrogen) atoms. The second-order valence-corrected chi connectivity index (χ2v) is 4.72. The standard InChI is InChI=1S/C16H19NO4/c1-20-15-6-5-13(10-12(15)4-2-3-8-18)16(19)17-14-7-9-21-11-14/h5-6,10,14,18H,3,7-9,11H2,1H3,(H,17,19). The summed E-state index contributed by atoms with van der Waals surface area (Å²) in [4.78, 5) is 12.2. The van der Waals surface area contributed by atoms with Crippen molar-refractivity contribution in [3.63, 3.8) is 0 Å². The molecule has 5 heteroatoms. The average molecular weight is 289 g/mol. The Balaban J connectivity index is 2.14. The Morgan fingerprint density at radius 1 is 1.57 bits per heavy atom. The lowest BCUT2D eigenvalue weighted by molar-refractivity contribution is 0.0930. The summed E-state index contributed by atoms with van der Waals surface area (Å²) in [5, 5.41) is 11.7. The molecule has 1 fully saturated rings. The minimum Gasteiger partial charge on any atom is -0.495 e. The van der Waals surface area contributed by atoms with Gasteiger partial charge in [0.1, 0.15) is 5.75 Å². The van der Waals surface area contributed by atoms with Crippen molar-refractivity contribution >= 4 is 5.91 Å². The molecule has 0 radical (unpaired) electrons. The number of hydrogen-bond acceptors (Lipinski definition) is 4. The molecule has 2 N–H and O–H groups in total. The number of amides is 1. The fourth-order valence-corrected chi connectivity index (χ4v) is 2.08. The lowest BCUT2D eigenvalue weighted by Gasteiger charge is -2.11. The Morgan fingerprint density at radius 2 is 2.43 bits per heavy atom. The fourth-order valence-electron chi connectivity index (χ4n) is 2.08. The molecular weight excluding hydrogens is 270 g/mol. The fraction of sp³-hybridized carbons (Fsp3) is 0.438. The van der Waals surface area contributed by atoms with Crippen LogP contribution in [0, 0.1) is 11.8 Å². The zero-order valence-corrected chi connectivity index (χ0v) is 12.0. The van der Waals surface area contributed by atoms with Gasteiger partial charge in [0.2, 0.25) is 0 Å². The number of aliphatic hydroxyl groups excluding tert-OH is 1. The number of carbonyl (C=O) groups excluding carboxylic acids is 1. The third-order valence-electron chi connectivity index (χ3n) is 3.19. The first-order valence-corrected chi connectivity index (χ1v) is 6.91. The third kappa shape index (κ3) is 4.22. The summed E-state index contributed by atoms with van der Waals surface area (Å²) in [7, 11) is 1.56. The van der Waals surface area contributed by atoms with Crippen LogP contribution in [0.2, 0.25) is 0 Å². The van der Waals surface area contributed by atoms with E-state index < -0.39 is 0 Å². The number of aliphatic hydroxyl groups is 1. The number of carbonyl (C=O) groups is 1. The quantitative estimate of drug-likeness (QED) is 0.810. The van der Waals surface area contributed by atoms with Crippen LogP contribution in [0.5, 0.6) is 5.75 Å². The van der Waals surface area contributed by atoms with Gasteiger partial charge in [-0.1, -0.05) is 11.8 Å². The summed E-state index contributed by atoms with van der Waals surface area (Å²) in [5.41, 5.74) is 1.18. The Kier molecular flexibility index (Phi) is 5.61. The number of benzene rings is 1. The van der Waals surface area contributed by atoms with Crippen molar-refractivity contribution in [3.8, 4) is 17.6 Å². The molecule has 0 saturated carbocycles. The summed E-state index contributed by atoms with van der Waals surface area (Å²) in [6.45, 7) is 1.26. The van der Waals surface area contributed by atoms with E-state index >= 15 is 0 Å². The number of nitrogens with one attached hydrogen (secondary N) is 1.